The second kappa shape index (κ2) is 15.3. The van der Waals surface area contributed by atoms with Gasteiger partial charge in [0.25, 0.3) is 0 Å². The van der Waals surface area contributed by atoms with Crippen molar-refractivity contribution in [3.8, 4) is 22.8 Å². The number of aromatic nitrogens is 3. The fourth-order valence-electron chi connectivity index (χ4n) is 5.65. The molecular weight excluding hydrogens is 637 g/mol. The molecule has 1 fully saturated rings. The predicted molar refractivity (Wildman–Crippen MR) is 186 cm³/mol. The largest absolute Gasteiger partial charge is 0.573 e. The summed E-state index contributed by atoms with van der Waals surface area (Å²) in [5, 5.41) is 8.22. The van der Waals surface area contributed by atoms with E-state index in [1.54, 1.807) is 11.8 Å². The number of nitrogens with zero attached hydrogens (tertiary/aromatic N) is 5. The number of ether oxygens (including phenoxy) is 1. The summed E-state index contributed by atoms with van der Waals surface area (Å²) in [6.45, 7) is 11.4. The summed E-state index contributed by atoms with van der Waals surface area (Å²) >= 11 is 1.63. The topological polar surface area (TPSA) is 84.6 Å². The number of benzene rings is 3. The molecule has 0 saturated carbocycles. The lowest BCUT2D eigenvalue weighted by atomic mass is 9.97. The van der Waals surface area contributed by atoms with Gasteiger partial charge in [-0.3, -0.25) is 0 Å². The number of thioether (sulfide) groups is 1. The number of alkyl halides is 3. The highest BCUT2D eigenvalue weighted by Gasteiger charge is 2.31. The van der Waals surface area contributed by atoms with Crippen LogP contribution in [0, 0.1) is 12.8 Å². The van der Waals surface area contributed by atoms with Crippen LogP contribution in [-0.4, -0.2) is 50.7 Å². The lowest BCUT2D eigenvalue weighted by Crippen LogP contribution is -2.42. The number of aliphatic imine (C=N–C) groups is 1. The highest BCUT2D eigenvalue weighted by Crippen LogP contribution is 2.35. The Balaban J connectivity index is 1.13. The molecule has 4 aromatic rings. The maximum absolute atomic E-state index is 13.0. The Labute approximate surface area is 283 Å². The van der Waals surface area contributed by atoms with Crippen LogP contribution in [0.15, 0.2) is 78.0 Å². The van der Waals surface area contributed by atoms with Crippen LogP contribution >= 0.6 is 11.8 Å². The molecule has 3 aromatic carbocycles. The van der Waals surface area contributed by atoms with E-state index in [1.807, 2.05) is 24.3 Å². The molecule has 0 bridgehead atoms. The molecule has 1 aromatic heterocycles. The lowest BCUT2D eigenvalue weighted by molar-refractivity contribution is -0.274. The number of carbonyl (C=O) groups is 1. The Bertz CT molecular complexity index is 1720. The van der Waals surface area contributed by atoms with Crippen molar-refractivity contribution < 1.29 is 22.7 Å². The number of carbonyl (C=O) groups excluding carboxylic acids is 1. The van der Waals surface area contributed by atoms with Crippen LogP contribution in [0.5, 0.6) is 5.75 Å². The van der Waals surface area contributed by atoms with Gasteiger partial charge >= 0.3 is 12.4 Å². The number of rotatable bonds is 10. The van der Waals surface area contributed by atoms with Gasteiger partial charge in [-0.2, -0.15) is 4.99 Å². The van der Waals surface area contributed by atoms with Gasteiger partial charge in [0.2, 0.25) is 0 Å². The molecule has 2 amide bonds. The minimum absolute atomic E-state index is 0.248. The van der Waals surface area contributed by atoms with E-state index in [2.05, 4.69) is 82.8 Å². The minimum atomic E-state index is -4.74. The third-order valence-corrected chi connectivity index (χ3v) is 9.20. The van der Waals surface area contributed by atoms with E-state index in [0.717, 1.165) is 47.0 Å². The molecule has 254 valence electrons. The van der Waals surface area contributed by atoms with Crippen molar-refractivity contribution in [1.82, 2.24) is 20.1 Å². The Morgan fingerprint density at radius 1 is 1.08 bits per heavy atom. The highest BCUT2D eigenvalue weighted by atomic mass is 32.2. The Hall–Kier alpha value is -4.32. The number of halogens is 3. The number of urea groups is 1. The van der Waals surface area contributed by atoms with Crippen molar-refractivity contribution in [2.45, 2.75) is 72.2 Å². The van der Waals surface area contributed by atoms with Crippen LogP contribution in [0.4, 0.5) is 23.7 Å². The van der Waals surface area contributed by atoms with E-state index in [0.29, 0.717) is 29.9 Å². The quantitative estimate of drug-likeness (QED) is 0.180. The smallest absolute Gasteiger partial charge is 0.406 e. The standard InChI is InChI=1S/C36H41F3N6O2S/c1-23(2)31-15-6-24(3)21-32(31)45-26(5)17-19-48-35(45)42-34(46)40-18-16-25(4)20-27-7-9-28(10-8-27)33-41-22-44(43-33)29-11-13-30(14-12-29)47-36(37,38)39/h6-15,21-23,25-26H,16-20H2,1-5H3,(H,40,46)/b42-35-. The third-order valence-electron chi connectivity index (χ3n) is 8.21. The summed E-state index contributed by atoms with van der Waals surface area (Å²) in [5.41, 5.74) is 6.10. The molecule has 0 aliphatic carbocycles. The number of aryl methyl sites for hydroxylation is 1. The zero-order chi connectivity index (χ0) is 34.4. The SMILES string of the molecule is Cc1ccc(C(C)C)c(N2/C(=N/C(=O)NCCC(C)Cc3ccc(-c4ncn(-c5ccc(OC(F)(F)F)cc5)n4)cc3)SCCC2C)c1. The number of amidine groups is 1. The van der Waals surface area contributed by atoms with Crippen molar-refractivity contribution in [2.75, 3.05) is 17.2 Å². The molecule has 2 atom stereocenters. The van der Waals surface area contributed by atoms with Crippen LogP contribution in [0.3, 0.4) is 0 Å². The molecule has 8 nitrogen and oxygen atoms in total. The van der Waals surface area contributed by atoms with E-state index in [4.69, 9.17) is 0 Å². The molecule has 0 spiro atoms. The average molecular weight is 679 g/mol. The van der Waals surface area contributed by atoms with Gasteiger partial charge in [-0.15, -0.1) is 18.3 Å². The van der Waals surface area contributed by atoms with Crippen LogP contribution in [0.2, 0.25) is 0 Å². The number of hydrogen-bond acceptors (Lipinski definition) is 5. The van der Waals surface area contributed by atoms with Gasteiger partial charge in [-0.05, 0) is 92.0 Å². The maximum atomic E-state index is 13.0. The second-order valence-electron chi connectivity index (χ2n) is 12.5. The van der Waals surface area contributed by atoms with Crippen molar-refractivity contribution in [2.24, 2.45) is 10.9 Å². The molecule has 2 heterocycles. The molecule has 5 rings (SSSR count). The van der Waals surface area contributed by atoms with Crippen LogP contribution in [0.25, 0.3) is 17.1 Å². The lowest BCUT2D eigenvalue weighted by Gasteiger charge is -2.37. The summed E-state index contributed by atoms with van der Waals surface area (Å²) in [5.74, 6) is 1.81. The van der Waals surface area contributed by atoms with Crippen LogP contribution in [0.1, 0.15) is 63.1 Å². The van der Waals surface area contributed by atoms with Gasteiger partial charge in [0, 0.05) is 29.6 Å². The first kappa shape index (κ1) is 35.0. The maximum Gasteiger partial charge on any atom is 0.573 e. The van der Waals surface area contributed by atoms with Gasteiger partial charge in [0.05, 0.1) is 5.69 Å². The monoisotopic (exact) mass is 678 g/mol. The van der Waals surface area contributed by atoms with Gasteiger partial charge in [0.15, 0.2) is 11.0 Å². The Morgan fingerprint density at radius 3 is 2.50 bits per heavy atom. The molecule has 12 heteroatoms. The van der Waals surface area contributed by atoms with Gasteiger partial charge in [-0.25, -0.2) is 14.5 Å². The first-order valence-electron chi connectivity index (χ1n) is 16.1. The number of nitrogens with one attached hydrogen (secondary N) is 1. The summed E-state index contributed by atoms with van der Waals surface area (Å²) in [6, 6.07) is 19.9. The van der Waals surface area contributed by atoms with Gasteiger partial charge in [0.1, 0.15) is 12.1 Å². The van der Waals surface area contributed by atoms with Crippen molar-refractivity contribution >= 4 is 28.6 Å². The Morgan fingerprint density at radius 2 is 1.81 bits per heavy atom. The second-order valence-corrected chi connectivity index (χ2v) is 13.6. The summed E-state index contributed by atoms with van der Waals surface area (Å²) in [7, 11) is 0. The predicted octanol–water partition coefficient (Wildman–Crippen LogP) is 8.93. The summed E-state index contributed by atoms with van der Waals surface area (Å²) < 4.78 is 42.7. The fourth-order valence-corrected chi connectivity index (χ4v) is 6.86. The van der Waals surface area contributed by atoms with Crippen molar-refractivity contribution in [3.05, 3.63) is 89.7 Å². The van der Waals surface area contributed by atoms with Gasteiger partial charge in [-0.1, -0.05) is 68.9 Å². The molecule has 1 aliphatic rings. The molecular formula is C36H41F3N6O2S. The van der Waals surface area contributed by atoms with E-state index >= 15 is 0 Å². The van der Waals surface area contributed by atoms with E-state index in [1.165, 1.54) is 46.4 Å². The zero-order valence-corrected chi connectivity index (χ0v) is 28.6. The molecule has 48 heavy (non-hydrogen) atoms. The molecule has 1 saturated heterocycles. The average Bonchev–Trinajstić information content (AvgIpc) is 3.51. The molecule has 2 unspecified atom stereocenters. The molecule has 0 radical (unpaired) electrons. The highest BCUT2D eigenvalue weighted by molar-refractivity contribution is 8.14. The van der Waals surface area contributed by atoms with E-state index < -0.39 is 6.36 Å². The van der Waals surface area contributed by atoms with Crippen molar-refractivity contribution in [3.63, 3.8) is 0 Å². The number of anilines is 1. The first-order valence-corrected chi connectivity index (χ1v) is 17.1. The Kier molecular flexibility index (Phi) is 11.1. The van der Waals surface area contributed by atoms with Gasteiger partial charge < -0.3 is 15.0 Å². The molecule has 1 aliphatic heterocycles. The third kappa shape index (κ3) is 9.18. The van der Waals surface area contributed by atoms with Crippen LogP contribution in [-0.2, 0) is 6.42 Å². The molecule has 1 N–H and O–H groups in total. The summed E-state index contributed by atoms with van der Waals surface area (Å²) in [4.78, 5) is 24.1. The fraction of sp³-hybridized carbons (Fsp3) is 0.389. The number of hydrogen-bond donors (Lipinski definition) is 1. The summed E-state index contributed by atoms with van der Waals surface area (Å²) in [6.07, 6.45) is -0.560. The first-order chi connectivity index (χ1) is 22.9. The normalized spacial score (nSPS) is 16.7. The zero-order valence-electron chi connectivity index (χ0n) is 27.8. The minimum Gasteiger partial charge on any atom is -0.406 e. The van der Waals surface area contributed by atoms with E-state index in [-0.39, 0.29) is 17.8 Å². The van der Waals surface area contributed by atoms with E-state index in [9.17, 15) is 18.0 Å². The number of amides is 2. The van der Waals surface area contributed by atoms with Crippen molar-refractivity contribution in [1.29, 1.82) is 0 Å². The van der Waals surface area contributed by atoms with Crippen LogP contribution < -0.4 is 15.0 Å².